The first-order valence-electron chi connectivity index (χ1n) is 8.90. The minimum atomic E-state index is -3.69. The van der Waals surface area contributed by atoms with Crippen LogP contribution in [0.4, 0.5) is 5.69 Å². The zero-order chi connectivity index (χ0) is 19.0. The smallest absolute Gasteiger partial charge is 0.262 e. The van der Waals surface area contributed by atoms with Crippen LogP contribution in [0.2, 0.25) is 0 Å². The summed E-state index contributed by atoms with van der Waals surface area (Å²) < 4.78 is 28.6. The zero-order valence-corrected chi connectivity index (χ0v) is 16.0. The van der Waals surface area contributed by atoms with Gasteiger partial charge in [-0.05, 0) is 53.8 Å². The van der Waals surface area contributed by atoms with Gasteiger partial charge >= 0.3 is 0 Å². The van der Waals surface area contributed by atoms with Crippen molar-refractivity contribution >= 4 is 21.3 Å². The van der Waals surface area contributed by atoms with Gasteiger partial charge in [0.15, 0.2) is 0 Å². The first-order chi connectivity index (χ1) is 13.0. The van der Waals surface area contributed by atoms with Gasteiger partial charge in [0.1, 0.15) is 0 Å². The molecule has 0 saturated heterocycles. The van der Waals surface area contributed by atoms with Gasteiger partial charge < -0.3 is 0 Å². The third-order valence-electron chi connectivity index (χ3n) is 4.99. The lowest BCUT2D eigenvalue weighted by Crippen LogP contribution is -2.32. The molecule has 0 amide bonds. The van der Waals surface area contributed by atoms with E-state index >= 15 is 0 Å². The number of para-hydroxylation sites is 1. The van der Waals surface area contributed by atoms with Gasteiger partial charge in [0.05, 0.1) is 17.1 Å². The predicted molar refractivity (Wildman–Crippen MR) is 110 cm³/mol. The van der Waals surface area contributed by atoms with Gasteiger partial charge in [0, 0.05) is 0 Å². The van der Waals surface area contributed by atoms with Crippen molar-refractivity contribution in [3.05, 3.63) is 102 Å². The Morgan fingerprint density at radius 2 is 1.48 bits per heavy atom. The number of aryl methyl sites for hydroxylation is 1. The third-order valence-corrected chi connectivity index (χ3v) is 6.76. The minimum Gasteiger partial charge on any atom is -0.262 e. The highest BCUT2D eigenvalue weighted by Gasteiger charge is 2.29. The Hall–Kier alpha value is -2.85. The summed E-state index contributed by atoms with van der Waals surface area (Å²) >= 11 is 0. The molecule has 3 aromatic rings. The Kier molecular flexibility index (Phi) is 4.36. The average molecular weight is 375 g/mol. The molecule has 0 spiro atoms. The van der Waals surface area contributed by atoms with E-state index in [9.17, 15) is 8.42 Å². The van der Waals surface area contributed by atoms with Crippen LogP contribution >= 0.6 is 0 Å². The van der Waals surface area contributed by atoms with Crippen molar-refractivity contribution in [3.63, 3.8) is 0 Å². The van der Waals surface area contributed by atoms with Crippen molar-refractivity contribution in [2.24, 2.45) is 0 Å². The van der Waals surface area contributed by atoms with Gasteiger partial charge in [-0.15, -0.1) is 0 Å². The normalized spacial score (nSPS) is 14.1. The van der Waals surface area contributed by atoms with E-state index in [0.29, 0.717) is 17.0 Å². The molecule has 0 aromatic heterocycles. The molecule has 27 heavy (non-hydrogen) atoms. The standard InChI is InChI=1S/C23H21NO2S/c1-17-11-13-21(14-12-17)27(25,26)24-16-20-8-3-5-9-22(20)18(2)15-19-7-4-6-10-23(19)24/h3-14H,2,15-16H2,1H3. The topological polar surface area (TPSA) is 37.4 Å². The second-order valence-corrected chi connectivity index (χ2v) is 8.75. The summed E-state index contributed by atoms with van der Waals surface area (Å²) in [5.41, 5.74) is 5.71. The maximum Gasteiger partial charge on any atom is 0.264 e. The molecule has 0 fully saturated rings. The number of rotatable bonds is 2. The van der Waals surface area contributed by atoms with Crippen LogP contribution in [0.3, 0.4) is 0 Å². The first-order valence-corrected chi connectivity index (χ1v) is 10.3. The van der Waals surface area contributed by atoms with Crippen molar-refractivity contribution in [1.29, 1.82) is 0 Å². The second-order valence-electron chi connectivity index (χ2n) is 6.89. The van der Waals surface area contributed by atoms with E-state index < -0.39 is 10.0 Å². The summed E-state index contributed by atoms with van der Waals surface area (Å²) in [6.07, 6.45) is 0.618. The molecule has 0 aliphatic carbocycles. The van der Waals surface area contributed by atoms with Crippen molar-refractivity contribution < 1.29 is 8.42 Å². The Balaban J connectivity index is 1.91. The molecule has 0 atom stereocenters. The fraction of sp³-hybridized carbons (Fsp3) is 0.130. The van der Waals surface area contributed by atoms with Crippen LogP contribution in [0, 0.1) is 6.92 Å². The number of anilines is 1. The van der Waals surface area contributed by atoms with Crippen molar-refractivity contribution in [2.75, 3.05) is 4.31 Å². The number of fused-ring (bicyclic) bond motifs is 2. The Bertz CT molecular complexity index is 1120. The van der Waals surface area contributed by atoms with Gasteiger partial charge in [0.2, 0.25) is 0 Å². The fourth-order valence-electron chi connectivity index (χ4n) is 3.52. The number of allylic oxidation sites excluding steroid dienone is 1. The van der Waals surface area contributed by atoms with Crippen LogP contribution in [0.25, 0.3) is 5.57 Å². The molecule has 1 aliphatic heterocycles. The van der Waals surface area contributed by atoms with E-state index in [0.717, 1.165) is 27.8 Å². The quantitative estimate of drug-likeness (QED) is 0.635. The lowest BCUT2D eigenvalue weighted by molar-refractivity contribution is 0.590. The van der Waals surface area contributed by atoms with E-state index in [1.165, 1.54) is 4.31 Å². The highest BCUT2D eigenvalue weighted by atomic mass is 32.2. The van der Waals surface area contributed by atoms with Crippen LogP contribution in [0.5, 0.6) is 0 Å². The van der Waals surface area contributed by atoms with Crippen molar-refractivity contribution in [1.82, 2.24) is 0 Å². The van der Waals surface area contributed by atoms with E-state index in [2.05, 4.69) is 6.58 Å². The molecule has 3 aromatic carbocycles. The molecule has 0 bridgehead atoms. The lowest BCUT2D eigenvalue weighted by Gasteiger charge is -2.30. The first kappa shape index (κ1) is 17.6. The van der Waals surface area contributed by atoms with E-state index in [4.69, 9.17) is 0 Å². The highest BCUT2D eigenvalue weighted by molar-refractivity contribution is 7.92. The average Bonchev–Trinajstić information content (AvgIpc) is 2.66. The lowest BCUT2D eigenvalue weighted by atomic mass is 9.93. The van der Waals surface area contributed by atoms with Crippen LogP contribution in [0.1, 0.15) is 22.3 Å². The van der Waals surface area contributed by atoms with Crippen LogP contribution in [-0.2, 0) is 23.0 Å². The van der Waals surface area contributed by atoms with Crippen molar-refractivity contribution in [2.45, 2.75) is 24.8 Å². The number of nitrogens with zero attached hydrogens (tertiary/aromatic N) is 1. The predicted octanol–water partition coefficient (Wildman–Crippen LogP) is 4.96. The molecule has 0 unspecified atom stereocenters. The Morgan fingerprint density at radius 1 is 0.852 bits per heavy atom. The highest BCUT2D eigenvalue weighted by Crippen LogP contribution is 2.35. The zero-order valence-electron chi connectivity index (χ0n) is 15.2. The van der Waals surface area contributed by atoms with Gasteiger partial charge in [-0.25, -0.2) is 8.42 Å². The summed E-state index contributed by atoms with van der Waals surface area (Å²) in [4.78, 5) is 0.305. The summed E-state index contributed by atoms with van der Waals surface area (Å²) in [5.74, 6) is 0. The Morgan fingerprint density at radius 3 is 2.22 bits per heavy atom. The molecular formula is C23H21NO2S. The maximum absolute atomic E-state index is 13.5. The molecule has 3 nitrogen and oxygen atoms in total. The number of benzene rings is 3. The van der Waals surface area contributed by atoms with Crippen LogP contribution < -0.4 is 4.31 Å². The summed E-state index contributed by atoms with van der Waals surface area (Å²) in [7, 11) is -3.69. The minimum absolute atomic E-state index is 0.280. The van der Waals surface area contributed by atoms with E-state index in [1.54, 1.807) is 12.1 Å². The molecule has 0 saturated carbocycles. The van der Waals surface area contributed by atoms with Gasteiger partial charge in [-0.3, -0.25) is 4.31 Å². The largest absolute Gasteiger partial charge is 0.264 e. The molecule has 4 heteroatoms. The van der Waals surface area contributed by atoms with E-state index in [1.807, 2.05) is 67.6 Å². The molecule has 0 radical (unpaired) electrons. The summed E-state index contributed by atoms with van der Waals surface area (Å²) in [6, 6.07) is 22.6. The van der Waals surface area contributed by atoms with Crippen LogP contribution in [0.15, 0.2) is 84.3 Å². The SMILES string of the molecule is C=C1Cc2ccccc2N(S(=O)(=O)c2ccc(C)cc2)Cc2ccccc21. The third kappa shape index (κ3) is 3.17. The van der Waals surface area contributed by atoms with Crippen molar-refractivity contribution in [3.8, 4) is 0 Å². The molecule has 136 valence electrons. The molecule has 1 heterocycles. The number of hydrogen-bond acceptors (Lipinski definition) is 2. The maximum atomic E-state index is 13.5. The molecule has 0 N–H and O–H groups in total. The van der Waals surface area contributed by atoms with E-state index in [-0.39, 0.29) is 6.54 Å². The fourth-order valence-corrected chi connectivity index (χ4v) is 5.00. The van der Waals surface area contributed by atoms with Gasteiger partial charge in [-0.1, -0.05) is 66.7 Å². The Labute approximate surface area is 160 Å². The van der Waals surface area contributed by atoms with Crippen LogP contribution in [-0.4, -0.2) is 8.42 Å². The molecule has 4 rings (SSSR count). The summed E-state index contributed by atoms with van der Waals surface area (Å²) in [6.45, 7) is 6.47. The number of sulfonamides is 1. The number of hydrogen-bond donors (Lipinski definition) is 0. The molecular weight excluding hydrogens is 354 g/mol. The summed E-state index contributed by atoms with van der Waals surface area (Å²) in [5, 5.41) is 0. The van der Waals surface area contributed by atoms with Gasteiger partial charge in [0.25, 0.3) is 10.0 Å². The monoisotopic (exact) mass is 375 g/mol. The molecule has 1 aliphatic rings. The second kappa shape index (κ2) is 6.71. The van der Waals surface area contributed by atoms with Gasteiger partial charge in [-0.2, -0.15) is 0 Å².